The molecule has 5 aromatic rings. The number of aliphatic imine (C=N–C) groups is 1. The number of carbonyl (C=O) groups is 5. The van der Waals surface area contributed by atoms with E-state index in [4.69, 9.17) is 18.9 Å². The van der Waals surface area contributed by atoms with Crippen molar-refractivity contribution in [2.45, 2.75) is 45.4 Å². The van der Waals surface area contributed by atoms with Crippen molar-refractivity contribution in [2.24, 2.45) is 4.99 Å². The number of amides is 3. The van der Waals surface area contributed by atoms with Crippen LogP contribution in [0.2, 0.25) is 0 Å². The predicted octanol–water partition coefficient (Wildman–Crippen LogP) is 5.00. The number of rotatable bonds is 16. The van der Waals surface area contributed by atoms with Gasteiger partial charge < -0.3 is 34.5 Å². The number of aromatic amines is 1. The molecule has 3 heterocycles. The second kappa shape index (κ2) is 20.2. The van der Waals surface area contributed by atoms with E-state index in [1.54, 1.807) is 68.2 Å². The topological polar surface area (TPSA) is 220 Å². The molecule has 18 nitrogen and oxygen atoms in total. The third kappa shape index (κ3) is 11.0. The van der Waals surface area contributed by atoms with Gasteiger partial charge in [-0.15, -0.1) is 0 Å². The number of guanidine groups is 1. The number of methoxy groups -OCH3 is 1. The summed E-state index contributed by atoms with van der Waals surface area (Å²) >= 11 is 3.54. The maximum atomic E-state index is 13.5. The van der Waals surface area contributed by atoms with E-state index < -0.39 is 42.1 Å². The summed E-state index contributed by atoms with van der Waals surface area (Å²) in [5, 5.41) is 12.7. The van der Waals surface area contributed by atoms with E-state index in [-0.39, 0.29) is 32.5 Å². The molecule has 60 heavy (non-hydrogen) atoms. The number of aromatic nitrogens is 4. The molecule has 0 bridgehead atoms. The number of nitrogens with zero attached hydrogens (tertiary/aromatic N) is 6. The van der Waals surface area contributed by atoms with Crippen molar-refractivity contribution in [3.05, 3.63) is 95.5 Å². The molecule has 2 atom stereocenters. The average Bonchev–Trinajstić information content (AvgIpc) is 4.00. The lowest BCUT2D eigenvalue weighted by Gasteiger charge is -2.24. The van der Waals surface area contributed by atoms with Gasteiger partial charge in [0.05, 0.1) is 48.5 Å². The number of ether oxygens (including phenoxy) is 4. The molecule has 2 unspecified atom stereocenters. The molecule has 19 heteroatoms. The molecule has 0 fully saturated rings. The van der Waals surface area contributed by atoms with E-state index in [0.29, 0.717) is 51.7 Å². The summed E-state index contributed by atoms with van der Waals surface area (Å²) in [6.07, 6.45) is 3.15. The zero-order valence-corrected chi connectivity index (χ0v) is 34.5. The molecule has 0 saturated heterocycles. The van der Waals surface area contributed by atoms with E-state index in [9.17, 15) is 24.0 Å². The maximum Gasteiger partial charge on any atom is 0.347 e. The van der Waals surface area contributed by atoms with Crippen molar-refractivity contribution < 1.29 is 42.9 Å². The number of H-pyrrole nitrogens is 1. The fourth-order valence-corrected chi connectivity index (χ4v) is 6.60. The molecule has 0 radical (unpaired) electrons. The average molecular weight is 885 g/mol. The third-order valence-electron chi connectivity index (χ3n) is 9.09. The monoisotopic (exact) mass is 883 g/mol. The van der Waals surface area contributed by atoms with E-state index in [1.807, 2.05) is 18.2 Å². The van der Waals surface area contributed by atoms with Crippen LogP contribution < -0.4 is 20.3 Å². The van der Waals surface area contributed by atoms with Gasteiger partial charge in [-0.25, -0.2) is 19.3 Å². The number of benzene rings is 3. The Labute approximate surface area is 352 Å². The molecular formula is C41H42BrN9O9. The van der Waals surface area contributed by atoms with E-state index >= 15 is 0 Å². The number of carbonyl (C=O) groups excluding carboxylic acids is 5. The number of urea groups is 1. The highest BCUT2D eigenvalue weighted by molar-refractivity contribution is 9.10. The van der Waals surface area contributed by atoms with E-state index in [0.717, 1.165) is 16.7 Å². The van der Waals surface area contributed by atoms with Crippen molar-refractivity contribution in [1.82, 2.24) is 30.4 Å². The summed E-state index contributed by atoms with van der Waals surface area (Å²) in [6, 6.07) is 17.4. The second-order valence-electron chi connectivity index (χ2n) is 13.3. The van der Waals surface area contributed by atoms with Crippen LogP contribution in [-0.2, 0) is 39.9 Å². The van der Waals surface area contributed by atoms with Crippen LogP contribution in [0.25, 0.3) is 22.2 Å². The minimum absolute atomic E-state index is 0.0119. The first-order valence-corrected chi connectivity index (χ1v) is 19.6. The summed E-state index contributed by atoms with van der Waals surface area (Å²) in [6.45, 7) is 3.51. The lowest BCUT2D eigenvalue weighted by molar-refractivity contribution is -0.177. The van der Waals surface area contributed by atoms with Crippen LogP contribution >= 0.6 is 15.9 Å². The highest BCUT2D eigenvalue weighted by atomic mass is 79.9. The van der Waals surface area contributed by atoms with Gasteiger partial charge in [0.15, 0.2) is 12.2 Å². The van der Waals surface area contributed by atoms with Crippen LogP contribution in [0.5, 0.6) is 5.75 Å². The highest BCUT2D eigenvalue weighted by Gasteiger charge is 2.29. The largest absolute Gasteiger partial charge is 0.497 e. The lowest BCUT2D eigenvalue weighted by atomic mass is 10.1. The van der Waals surface area contributed by atoms with Crippen LogP contribution in [-0.4, -0.2) is 106 Å². The fourth-order valence-electron chi connectivity index (χ4n) is 5.98. The lowest BCUT2D eigenvalue weighted by Crippen LogP contribution is -2.43. The number of halogens is 1. The summed E-state index contributed by atoms with van der Waals surface area (Å²) in [7, 11) is 1.54. The molecule has 1 aliphatic rings. The smallest absolute Gasteiger partial charge is 0.347 e. The predicted molar refractivity (Wildman–Crippen MR) is 223 cm³/mol. The Morgan fingerprint density at radius 2 is 1.70 bits per heavy atom. The van der Waals surface area contributed by atoms with Crippen LogP contribution in [0.1, 0.15) is 32.3 Å². The molecule has 3 N–H and O–H groups in total. The van der Waals surface area contributed by atoms with Crippen molar-refractivity contribution in [3.63, 3.8) is 0 Å². The first kappa shape index (κ1) is 42.7. The zero-order chi connectivity index (χ0) is 42.6. The van der Waals surface area contributed by atoms with Crippen molar-refractivity contribution in [3.8, 4) is 16.9 Å². The highest BCUT2D eigenvalue weighted by Crippen LogP contribution is 2.33. The molecule has 1 aliphatic heterocycles. The first-order chi connectivity index (χ1) is 29.0. The molecule has 6 rings (SSSR count). The number of fused-ring (bicyclic) bond motifs is 1. The summed E-state index contributed by atoms with van der Waals surface area (Å²) in [5.41, 5.74) is 4.73. The van der Waals surface area contributed by atoms with Gasteiger partial charge in [-0.1, -0.05) is 24.3 Å². The molecular weight excluding hydrogens is 842 g/mol. The third-order valence-corrected chi connectivity index (χ3v) is 9.87. The van der Waals surface area contributed by atoms with E-state index in [1.165, 1.54) is 29.8 Å². The molecule has 3 amide bonds. The SMILES string of the molecule is COc1cccc(CN(CCOC(=O)C(C)OC(=O)C(C)OC(=O)CCC(=O)N(C2=NCCN2)c2ccc3nccnc3c2Br)C(=O)Nc2ccc(-c3cn[nH]c3)cc2)c1. The van der Waals surface area contributed by atoms with Crippen molar-refractivity contribution in [1.29, 1.82) is 0 Å². The van der Waals surface area contributed by atoms with Crippen LogP contribution in [0.4, 0.5) is 16.2 Å². The minimum Gasteiger partial charge on any atom is -0.497 e. The van der Waals surface area contributed by atoms with Gasteiger partial charge in [0.1, 0.15) is 17.9 Å². The van der Waals surface area contributed by atoms with Gasteiger partial charge in [0.25, 0.3) is 0 Å². The number of nitrogens with one attached hydrogen (secondary N) is 3. The standard InChI is InChI=1S/C41H42BrN9O9/c1-25(38(54)58-20-19-50(24-27-5-4-6-31(21-27)57-3)41(56)49-30-9-7-28(8-10-30)29-22-47-48-23-29)60-39(55)26(2)59-35(53)14-13-34(52)51(40-45-17-18-46-40)33-12-11-32-37(36(33)42)44-16-15-43-32/h4-12,15-16,21-23,25-26H,13-14,17-20,24H2,1-3H3,(H,45,46)(H,47,48)(H,49,56). The molecule has 312 valence electrons. The fraction of sp³-hybridized carbons (Fsp3) is 0.293. The molecule has 0 saturated carbocycles. The van der Waals surface area contributed by atoms with Gasteiger partial charge >= 0.3 is 23.9 Å². The Kier molecular flexibility index (Phi) is 14.4. The van der Waals surface area contributed by atoms with Gasteiger partial charge in [0.2, 0.25) is 11.9 Å². The Hall–Kier alpha value is -6.89. The van der Waals surface area contributed by atoms with Gasteiger partial charge in [-0.3, -0.25) is 29.6 Å². The number of hydrogen-bond donors (Lipinski definition) is 3. The summed E-state index contributed by atoms with van der Waals surface area (Å²) in [5.74, 6) is -2.25. The summed E-state index contributed by atoms with van der Waals surface area (Å²) in [4.78, 5) is 81.4. The maximum absolute atomic E-state index is 13.5. The number of anilines is 2. The quantitative estimate of drug-likeness (QED) is 0.0879. The van der Waals surface area contributed by atoms with Crippen molar-refractivity contribution in [2.75, 3.05) is 43.6 Å². The van der Waals surface area contributed by atoms with Crippen LogP contribution in [0, 0.1) is 0 Å². The van der Waals surface area contributed by atoms with Gasteiger partial charge in [-0.05, 0) is 77.3 Å². The Bertz CT molecular complexity index is 2360. The first-order valence-electron chi connectivity index (χ1n) is 18.9. The van der Waals surface area contributed by atoms with Crippen LogP contribution in [0.3, 0.4) is 0 Å². The Balaban J connectivity index is 0.986. The van der Waals surface area contributed by atoms with Crippen molar-refractivity contribution >= 4 is 74.1 Å². The van der Waals surface area contributed by atoms with E-state index in [2.05, 4.69) is 51.7 Å². The van der Waals surface area contributed by atoms with Crippen LogP contribution in [0.15, 0.2) is 94.9 Å². The number of hydrogen-bond acceptors (Lipinski definition) is 14. The second-order valence-corrected chi connectivity index (χ2v) is 14.1. The molecule has 0 spiro atoms. The molecule has 3 aromatic carbocycles. The summed E-state index contributed by atoms with van der Waals surface area (Å²) < 4.78 is 21.7. The Morgan fingerprint density at radius 3 is 2.43 bits per heavy atom. The normalized spacial score (nSPS) is 13.0. The van der Waals surface area contributed by atoms with Gasteiger partial charge in [0, 0.05) is 49.4 Å². The van der Waals surface area contributed by atoms with Gasteiger partial charge in [-0.2, -0.15) is 5.10 Å². The zero-order valence-electron chi connectivity index (χ0n) is 32.9. The Morgan fingerprint density at radius 1 is 0.917 bits per heavy atom. The number of esters is 3. The molecule has 0 aliphatic carbocycles. The molecule has 2 aromatic heterocycles. The minimum atomic E-state index is -1.40.